The summed E-state index contributed by atoms with van der Waals surface area (Å²) in [5, 5.41) is 0. The van der Waals surface area contributed by atoms with Crippen molar-refractivity contribution < 1.29 is 4.79 Å². The SMILES string of the molecule is O=C=Nc1cc(Br)cnc1Br. The van der Waals surface area contributed by atoms with Crippen molar-refractivity contribution in [2.45, 2.75) is 0 Å². The highest BCUT2D eigenvalue weighted by molar-refractivity contribution is 9.11. The molecule has 0 atom stereocenters. The van der Waals surface area contributed by atoms with Gasteiger partial charge >= 0.3 is 0 Å². The molecule has 3 nitrogen and oxygen atoms in total. The van der Waals surface area contributed by atoms with E-state index in [0.717, 1.165) is 4.47 Å². The van der Waals surface area contributed by atoms with Gasteiger partial charge in [0.1, 0.15) is 10.3 Å². The summed E-state index contributed by atoms with van der Waals surface area (Å²) in [6.07, 6.45) is 3.04. The molecule has 0 radical (unpaired) electrons. The van der Waals surface area contributed by atoms with Gasteiger partial charge in [0.15, 0.2) is 0 Å². The van der Waals surface area contributed by atoms with Gasteiger partial charge in [-0.3, -0.25) is 0 Å². The van der Waals surface area contributed by atoms with Gasteiger partial charge < -0.3 is 0 Å². The van der Waals surface area contributed by atoms with Crippen LogP contribution in [-0.2, 0) is 4.79 Å². The zero-order chi connectivity index (χ0) is 8.27. The third-order valence-electron chi connectivity index (χ3n) is 0.953. The van der Waals surface area contributed by atoms with Gasteiger partial charge in [-0.1, -0.05) is 0 Å². The molecule has 0 spiro atoms. The highest BCUT2D eigenvalue weighted by atomic mass is 79.9. The zero-order valence-corrected chi connectivity index (χ0v) is 8.39. The van der Waals surface area contributed by atoms with Gasteiger partial charge in [0.25, 0.3) is 0 Å². The first-order valence-electron chi connectivity index (χ1n) is 2.63. The molecule has 56 valence electrons. The lowest BCUT2D eigenvalue weighted by atomic mass is 10.4. The number of aliphatic imine (C=N–C) groups is 1. The van der Waals surface area contributed by atoms with Crippen LogP contribution in [0.25, 0.3) is 0 Å². The number of hydrogen-bond donors (Lipinski definition) is 0. The van der Waals surface area contributed by atoms with E-state index in [1.807, 2.05) is 0 Å². The summed E-state index contributed by atoms with van der Waals surface area (Å²) in [7, 11) is 0. The van der Waals surface area contributed by atoms with E-state index in [1.54, 1.807) is 12.3 Å². The molecule has 0 saturated carbocycles. The van der Waals surface area contributed by atoms with Crippen LogP contribution < -0.4 is 0 Å². The summed E-state index contributed by atoms with van der Waals surface area (Å²) >= 11 is 6.32. The Morgan fingerprint density at radius 3 is 2.91 bits per heavy atom. The molecule has 1 aromatic rings. The number of halogens is 2. The van der Waals surface area contributed by atoms with Crippen molar-refractivity contribution >= 4 is 43.6 Å². The molecule has 1 aromatic heterocycles. The minimum Gasteiger partial charge on any atom is -0.246 e. The molecule has 5 heteroatoms. The van der Waals surface area contributed by atoms with Crippen LogP contribution in [0.5, 0.6) is 0 Å². The molecule has 0 aliphatic rings. The molecule has 0 N–H and O–H groups in total. The van der Waals surface area contributed by atoms with Crippen molar-refractivity contribution in [2.75, 3.05) is 0 Å². The van der Waals surface area contributed by atoms with Gasteiger partial charge in [-0.2, -0.15) is 4.99 Å². The normalized spacial score (nSPS) is 8.91. The van der Waals surface area contributed by atoms with Crippen LogP contribution in [0.1, 0.15) is 0 Å². The number of hydrogen-bond acceptors (Lipinski definition) is 3. The third kappa shape index (κ3) is 2.22. The summed E-state index contributed by atoms with van der Waals surface area (Å²) in [6.45, 7) is 0. The second-order valence-corrected chi connectivity index (χ2v) is 3.33. The lowest BCUT2D eigenvalue weighted by molar-refractivity contribution is 0.565. The smallest absolute Gasteiger partial charge is 0.240 e. The molecule has 0 aliphatic heterocycles. The fourth-order valence-corrected chi connectivity index (χ4v) is 1.16. The molecule has 11 heavy (non-hydrogen) atoms. The molecule has 0 bridgehead atoms. The molecule has 0 saturated heterocycles. The highest BCUT2D eigenvalue weighted by Crippen LogP contribution is 2.25. The Morgan fingerprint density at radius 1 is 1.55 bits per heavy atom. The standard InChI is InChI=1S/C6H2Br2N2O/c7-4-1-5(10-3-11)6(8)9-2-4/h1-2H. The Morgan fingerprint density at radius 2 is 2.27 bits per heavy atom. The van der Waals surface area contributed by atoms with E-state index in [9.17, 15) is 4.79 Å². The third-order valence-corrected chi connectivity index (χ3v) is 2.00. The molecule has 0 unspecified atom stereocenters. The Bertz CT molecular complexity index is 320. The molecular weight excluding hydrogens is 276 g/mol. The topological polar surface area (TPSA) is 42.3 Å². The minimum absolute atomic E-state index is 0.467. The number of rotatable bonds is 1. The lowest BCUT2D eigenvalue weighted by Gasteiger charge is -1.93. The summed E-state index contributed by atoms with van der Waals surface area (Å²) in [5.41, 5.74) is 0.467. The number of isocyanates is 1. The largest absolute Gasteiger partial charge is 0.246 e. The van der Waals surface area contributed by atoms with Gasteiger partial charge in [-0.15, -0.1) is 0 Å². The van der Waals surface area contributed by atoms with E-state index in [0.29, 0.717) is 10.3 Å². The fourth-order valence-electron chi connectivity index (χ4n) is 0.539. The molecule has 0 aliphatic carbocycles. The van der Waals surface area contributed by atoms with Crippen LogP contribution in [0.4, 0.5) is 5.69 Å². The van der Waals surface area contributed by atoms with Gasteiger partial charge in [-0.05, 0) is 37.9 Å². The molecule has 1 heterocycles. The lowest BCUT2D eigenvalue weighted by Crippen LogP contribution is -1.75. The number of carbonyl (C=O) groups excluding carboxylic acids is 1. The average molecular weight is 278 g/mol. The Kier molecular flexibility index (Phi) is 2.93. The van der Waals surface area contributed by atoms with Crippen LogP contribution in [-0.4, -0.2) is 11.1 Å². The summed E-state index contributed by atoms with van der Waals surface area (Å²) < 4.78 is 1.30. The zero-order valence-electron chi connectivity index (χ0n) is 5.21. The van der Waals surface area contributed by atoms with Crippen molar-refractivity contribution in [3.05, 3.63) is 21.3 Å². The maximum absolute atomic E-state index is 9.88. The molecule has 0 aromatic carbocycles. The van der Waals surface area contributed by atoms with Crippen LogP contribution in [0.15, 0.2) is 26.3 Å². The number of nitrogens with zero attached hydrogens (tertiary/aromatic N) is 2. The quantitative estimate of drug-likeness (QED) is 0.450. The fraction of sp³-hybridized carbons (Fsp3) is 0. The Hall–Kier alpha value is -0.510. The van der Waals surface area contributed by atoms with Crippen LogP contribution in [0.2, 0.25) is 0 Å². The number of aromatic nitrogens is 1. The van der Waals surface area contributed by atoms with Crippen molar-refractivity contribution in [3.8, 4) is 0 Å². The Labute approximate surface area is 79.8 Å². The first kappa shape index (κ1) is 8.59. The van der Waals surface area contributed by atoms with Crippen molar-refractivity contribution in [1.82, 2.24) is 4.98 Å². The van der Waals surface area contributed by atoms with Gasteiger partial charge in [0.2, 0.25) is 6.08 Å². The van der Waals surface area contributed by atoms with E-state index < -0.39 is 0 Å². The monoisotopic (exact) mass is 276 g/mol. The first-order chi connectivity index (χ1) is 5.24. The highest BCUT2D eigenvalue weighted by Gasteiger charge is 1.98. The van der Waals surface area contributed by atoms with E-state index in [2.05, 4.69) is 41.8 Å². The molecular formula is C6H2Br2N2O. The summed E-state index contributed by atoms with van der Waals surface area (Å²) in [4.78, 5) is 17.2. The maximum atomic E-state index is 9.88. The van der Waals surface area contributed by atoms with Gasteiger partial charge in [0.05, 0.1) is 0 Å². The molecule has 0 fully saturated rings. The predicted molar refractivity (Wildman–Crippen MR) is 47.4 cm³/mol. The molecule has 1 rings (SSSR count). The van der Waals surface area contributed by atoms with E-state index in [4.69, 9.17) is 0 Å². The second-order valence-electron chi connectivity index (χ2n) is 1.67. The van der Waals surface area contributed by atoms with E-state index in [1.165, 1.54) is 6.08 Å². The first-order valence-corrected chi connectivity index (χ1v) is 4.21. The summed E-state index contributed by atoms with van der Waals surface area (Å²) in [6, 6.07) is 1.67. The maximum Gasteiger partial charge on any atom is 0.240 e. The van der Waals surface area contributed by atoms with Crippen LogP contribution in [0, 0.1) is 0 Å². The average Bonchev–Trinajstić information content (AvgIpc) is 1.98. The van der Waals surface area contributed by atoms with Gasteiger partial charge in [0, 0.05) is 10.7 Å². The molecule has 0 amide bonds. The van der Waals surface area contributed by atoms with E-state index >= 15 is 0 Å². The van der Waals surface area contributed by atoms with Gasteiger partial charge in [-0.25, -0.2) is 9.78 Å². The van der Waals surface area contributed by atoms with Crippen LogP contribution >= 0.6 is 31.9 Å². The predicted octanol–water partition coefficient (Wildman–Crippen LogP) is 2.57. The van der Waals surface area contributed by atoms with Crippen molar-refractivity contribution in [2.24, 2.45) is 4.99 Å². The van der Waals surface area contributed by atoms with Crippen molar-refractivity contribution in [3.63, 3.8) is 0 Å². The second kappa shape index (κ2) is 3.76. The van der Waals surface area contributed by atoms with E-state index in [-0.39, 0.29) is 0 Å². The van der Waals surface area contributed by atoms with Crippen LogP contribution in [0.3, 0.4) is 0 Å². The minimum atomic E-state index is 0.467. The Balaban J connectivity index is 3.22. The number of pyridine rings is 1. The van der Waals surface area contributed by atoms with Crippen molar-refractivity contribution in [1.29, 1.82) is 0 Å². The summed E-state index contributed by atoms with van der Waals surface area (Å²) in [5.74, 6) is 0.